The van der Waals surface area contributed by atoms with E-state index in [1.807, 2.05) is 0 Å². The van der Waals surface area contributed by atoms with E-state index in [4.69, 9.17) is 18.9 Å². The number of hydrogen-bond acceptors (Lipinski definition) is 8. The quantitative estimate of drug-likeness (QED) is 0.244. The summed E-state index contributed by atoms with van der Waals surface area (Å²) in [4.78, 5) is 47.0. The monoisotopic (exact) mass is 496 g/mol. The molecule has 10 nitrogen and oxygen atoms in total. The highest BCUT2D eigenvalue weighted by Gasteiger charge is 2.07. The molecular weight excluding hydrogens is 468 g/mol. The van der Waals surface area contributed by atoms with Gasteiger partial charge in [-0.15, -0.1) is 0 Å². The summed E-state index contributed by atoms with van der Waals surface area (Å²) in [6.45, 7) is -0.708. The Kier molecular flexibility index (Phi) is 11.8. The van der Waals surface area contributed by atoms with Crippen molar-refractivity contribution in [2.75, 3.05) is 40.5 Å². The van der Waals surface area contributed by atoms with Crippen molar-refractivity contribution in [3.05, 3.63) is 71.8 Å². The SMILES string of the molecule is COc1ccc(/C=C\C(=O)OCC(=O)NCCNC(=O)COC(=O)/C=C/c2ccc(OC)cc2)cc1. The van der Waals surface area contributed by atoms with Crippen molar-refractivity contribution in [2.45, 2.75) is 0 Å². The molecule has 0 heterocycles. The predicted molar refractivity (Wildman–Crippen MR) is 132 cm³/mol. The lowest BCUT2D eigenvalue weighted by molar-refractivity contribution is -0.144. The van der Waals surface area contributed by atoms with E-state index in [1.165, 1.54) is 12.2 Å². The Morgan fingerprint density at radius 2 is 1.00 bits per heavy atom. The van der Waals surface area contributed by atoms with Crippen molar-refractivity contribution in [3.8, 4) is 11.5 Å². The molecule has 0 atom stereocenters. The van der Waals surface area contributed by atoms with Crippen LogP contribution in [0, 0.1) is 0 Å². The van der Waals surface area contributed by atoms with Crippen LogP contribution in [0.2, 0.25) is 0 Å². The number of carbonyl (C=O) groups is 4. The van der Waals surface area contributed by atoms with E-state index in [0.29, 0.717) is 11.5 Å². The Morgan fingerprint density at radius 1 is 0.639 bits per heavy atom. The zero-order chi connectivity index (χ0) is 26.2. The maximum atomic E-state index is 11.8. The molecule has 2 amide bonds. The third kappa shape index (κ3) is 11.0. The molecule has 190 valence electrons. The number of hydrogen-bond donors (Lipinski definition) is 2. The van der Waals surface area contributed by atoms with E-state index >= 15 is 0 Å². The first-order valence-electron chi connectivity index (χ1n) is 10.9. The van der Waals surface area contributed by atoms with Gasteiger partial charge >= 0.3 is 11.9 Å². The van der Waals surface area contributed by atoms with Crippen LogP contribution in [0.15, 0.2) is 60.7 Å². The van der Waals surface area contributed by atoms with Crippen LogP contribution in [0.4, 0.5) is 0 Å². The molecule has 2 aromatic carbocycles. The average molecular weight is 497 g/mol. The molecule has 36 heavy (non-hydrogen) atoms. The Hall–Kier alpha value is -4.60. The van der Waals surface area contributed by atoms with Gasteiger partial charge in [-0.3, -0.25) is 9.59 Å². The van der Waals surface area contributed by atoms with E-state index in [9.17, 15) is 19.2 Å². The normalized spacial score (nSPS) is 10.6. The molecule has 0 unspecified atom stereocenters. The molecule has 0 aromatic heterocycles. The Morgan fingerprint density at radius 3 is 1.33 bits per heavy atom. The molecule has 0 saturated heterocycles. The molecule has 0 radical (unpaired) electrons. The van der Waals surface area contributed by atoms with Gasteiger partial charge in [-0.1, -0.05) is 24.3 Å². The topological polar surface area (TPSA) is 129 Å². The largest absolute Gasteiger partial charge is 0.497 e. The molecule has 2 aromatic rings. The van der Waals surface area contributed by atoms with Gasteiger partial charge in [-0.2, -0.15) is 0 Å². The van der Waals surface area contributed by atoms with Crippen molar-refractivity contribution in [3.63, 3.8) is 0 Å². The number of nitrogens with one attached hydrogen (secondary N) is 2. The third-order valence-electron chi connectivity index (χ3n) is 4.52. The minimum Gasteiger partial charge on any atom is -0.497 e. The van der Waals surface area contributed by atoms with Crippen LogP contribution < -0.4 is 20.1 Å². The van der Waals surface area contributed by atoms with Crippen LogP contribution in [-0.4, -0.2) is 64.3 Å². The van der Waals surface area contributed by atoms with Gasteiger partial charge in [0.15, 0.2) is 13.2 Å². The fraction of sp³-hybridized carbons (Fsp3) is 0.231. The van der Waals surface area contributed by atoms with Gasteiger partial charge in [0.05, 0.1) is 14.2 Å². The second-order valence-corrected chi connectivity index (χ2v) is 7.13. The number of amides is 2. The van der Waals surface area contributed by atoms with Gasteiger partial charge in [-0.05, 0) is 47.5 Å². The van der Waals surface area contributed by atoms with Crippen LogP contribution in [0.3, 0.4) is 0 Å². The summed E-state index contributed by atoms with van der Waals surface area (Å²) in [6.07, 6.45) is 5.53. The summed E-state index contributed by atoms with van der Waals surface area (Å²) < 4.78 is 19.8. The van der Waals surface area contributed by atoms with E-state index in [1.54, 1.807) is 74.9 Å². The van der Waals surface area contributed by atoms with Crippen molar-refractivity contribution >= 4 is 35.9 Å². The fourth-order valence-electron chi connectivity index (χ4n) is 2.63. The molecule has 0 spiro atoms. The number of methoxy groups -OCH3 is 2. The second kappa shape index (κ2) is 15.3. The fourth-order valence-corrected chi connectivity index (χ4v) is 2.63. The minimum absolute atomic E-state index is 0.106. The van der Waals surface area contributed by atoms with Gasteiger partial charge in [-0.25, -0.2) is 9.59 Å². The van der Waals surface area contributed by atoms with Crippen molar-refractivity contribution in [2.24, 2.45) is 0 Å². The molecule has 0 aliphatic rings. The highest BCUT2D eigenvalue weighted by atomic mass is 16.5. The lowest BCUT2D eigenvalue weighted by Gasteiger charge is -2.07. The van der Waals surface area contributed by atoms with Crippen LogP contribution >= 0.6 is 0 Å². The third-order valence-corrected chi connectivity index (χ3v) is 4.52. The zero-order valence-corrected chi connectivity index (χ0v) is 20.0. The lowest BCUT2D eigenvalue weighted by Crippen LogP contribution is -2.38. The molecule has 0 aliphatic carbocycles. The highest BCUT2D eigenvalue weighted by molar-refractivity contribution is 5.90. The molecule has 0 saturated carbocycles. The molecule has 2 N–H and O–H groups in total. The summed E-state index contributed by atoms with van der Waals surface area (Å²) in [5.41, 5.74) is 1.54. The summed E-state index contributed by atoms with van der Waals surface area (Å²) in [5, 5.41) is 4.99. The highest BCUT2D eigenvalue weighted by Crippen LogP contribution is 2.13. The number of rotatable bonds is 13. The standard InChI is InChI=1S/C26H28N2O8/c1-33-21-9-3-19(4-10-21)7-13-25(31)35-17-23(29)27-15-16-28-24(30)18-36-26(32)14-8-20-5-11-22(34-2)12-6-20/h3-14H,15-18H2,1-2H3,(H,27,29)(H,28,30)/b13-7-,14-8+. The zero-order valence-electron chi connectivity index (χ0n) is 20.0. The summed E-state index contributed by atoms with van der Waals surface area (Å²) in [6, 6.07) is 14.1. The Balaban J connectivity index is 1.55. The summed E-state index contributed by atoms with van der Waals surface area (Å²) in [5.74, 6) is -0.992. The van der Waals surface area contributed by atoms with Gasteiger partial charge in [0.2, 0.25) is 0 Å². The molecule has 10 heteroatoms. The van der Waals surface area contributed by atoms with Gasteiger partial charge in [0.1, 0.15) is 11.5 Å². The minimum atomic E-state index is -0.669. The number of carbonyl (C=O) groups excluding carboxylic acids is 4. The summed E-state index contributed by atoms with van der Waals surface area (Å²) >= 11 is 0. The lowest BCUT2D eigenvalue weighted by atomic mass is 10.2. The smallest absolute Gasteiger partial charge is 0.331 e. The van der Waals surface area contributed by atoms with Crippen molar-refractivity contribution in [1.82, 2.24) is 10.6 Å². The Bertz CT molecular complexity index is 989. The molecule has 0 fully saturated rings. The van der Waals surface area contributed by atoms with Gasteiger partial charge < -0.3 is 29.6 Å². The maximum Gasteiger partial charge on any atom is 0.331 e. The van der Waals surface area contributed by atoms with Crippen molar-refractivity contribution in [1.29, 1.82) is 0 Å². The Labute approximate surface area is 208 Å². The first-order valence-corrected chi connectivity index (χ1v) is 10.9. The molecule has 0 bridgehead atoms. The van der Waals surface area contributed by atoms with E-state index in [0.717, 1.165) is 11.1 Å². The van der Waals surface area contributed by atoms with Crippen molar-refractivity contribution < 1.29 is 38.1 Å². The van der Waals surface area contributed by atoms with E-state index < -0.39 is 37.0 Å². The van der Waals surface area contributed by atoms with Crippen LogP contribution in [0.5, 0.6) is 11.5 Å². The number of benzene rings is 2. The molecule has 0 aliphatic heterocycles. The second-order valence-electron chi connectivity index (χ2n) is 7.13. The maximum absolute atomic E-state index is 11.8. The summed E-state index contributed by atoms with van der Waals surface area (Å²) in [7, 11) is 3.12. The number of esters is 2. The van der Waals surface area contributed by atoms with Crippen LogP contribution in [0.1, 0.15) is 11.1 Å². The van der Waals surface area contributed by atoms with E-state index in [-0.39, 0.29) is 13.1 Å². The average Bonchev–Trinajstić information content (AvgIpc) is 2.91. The van der Waals surface area contributed by atoms with Gasteiger partial charge in [0, 0.05) is 25.2 Å². The predicted octanol–water partition coefficient (Wildman–Crippen LogP) is 1.75. The first kappa shape index (κ1) is 27.6. The van der Waals surface area contributed by atoms with Crippen LogP contribution in [-0.2, 0) is 28.7 Å². The molecular formula is C26H28N2O8. The first-order chi connectivity index (χ1) is 17.4. The van der Waals surface area contributed by atoms with E-state index in [2.05, 4.69) is 10.6 Å². The number of ether oxygens (including phenoxy) is 4. The van der Waals surface area contributed by atoms with Crippen LogP contribution in [0.25, 0.3) is 12.2 Å². The van der Waals surface area contributed by atoms with Gasteiger partial charge in [0.25, 0.3) is 11.8 Å². The molecule has 2 rings (SSSR count).